The summed E-state index contributed by atoms with van der Waals surface area (Å²) in [6, 6.07) is 4.53. The van der Waals surface area contributed by atoms with Crippen molar-refractivity contribution in [2.75, 3.05) is 0 Å². The summed E-state index contributed by atoms with van der Waals surface area (Å²) in [7, 11) is 0. The molecule has 5 nitrogen and oxygen atoms in total. The van der Waals surface area contributed by atoms with Crippen molar-refractivity contribution in [3.8, 4) is 0 Å². The third-order valence-corrected chi connectivity index (χ3v) is 5.43. The quantitative estimate of drug-likeness (QED) is 0.457. The normalized spacial score (nSPS) is 11.9. The Morgan fingerprint density at radius 1 is 1.35 bits per heavy atom. The first-order chi connectivity index (χ1) is 7.80. The Morgan fingerprint density at radius 3 is 2.53 bits per heavy atom. The van der Waals surface area contributed by atoms with Gasteiger partial charge < -0.3 is 0 Å². The van der Waals surface area contributed by atoms with Gasteiger partial charge in [0, 0.05) is 0 Å². The fraction of sp³-hybridized carbons (Fsp3) is 0.364. The molecule has 17 heavy (non-hydrogen) atoms. The number of nitrogens with zero attached hydrogens (tertiary/aromatic N) is 2. The Hall–Kier alpha value is -1.39. The Balaban J connectivity index is 2.76. The maximum atomic E-state index is 12.1. The van der Waals surface area contributed by atoms with E-state index in [1.165, 1.54) is 12.1 Å². The molecule has 0 spiro atoms. The Kier molecular flexibility index (Phi) is 2.71. The van der Waals surface area contributed by atoms with Crippen molar-refractivity contribution in [3.63, 3.8) is 0 Å². The summed E-state index contributed by atoms with van der Waals surface area (Å²) < 4.78 is 2.71. The molecule has 1 aromatic heterocycles. The van der Waals surface area contributed by atoms with E-state index in [1.807, 2.05) is 20.8 Å². The Bertz CT molecular complexity index is 649. The van der Waals surface area contributed by atoms with Gasteiger partial charge in [0.2, 0.25) is 0 Å². The number of rotatable bonds is 1. The van der Waals surface area contributed by atoms with Crippen molar-refractivity contribution in [1.82, 2.24) is 3.56 Å². The first-order valence-corrected chi connectivity index (χ1v) is 6.74. The molecule has 0 bridgehead atoms. The molecule has 2 rings (SSSR count). The molecule has 0 aliphatic carbocycles. The van der Waals surface area contributed by atoms with Crippen LogP contribution in [0.3, 0.4) is 0 Å². The summed E-state index contributed by atoms with van der Waals surface area (Å²) in [5, 5.41) is 11.2. The number of hydrogen-bond donors (Lipinski definition) is 0. The van der Waals surface area contributed by atoms with Crippen molar-refractivity contribution < 1.29 is 4.92 Å². The van der Waals surface area contributed by atoms with Gasteiger partial charge in [-0.2, -0.15) is 0 Å². The molecule has 0 saturated heterocycles. The number of hydrogen-bond acceptors (Lipinski definition) is 3. The van der Waals surface area contributed by atoms with Crippen LogP contribution in [0.25, 0.3) is 9.65 Å². The van der Waals surface area contributed by atoms with E-state index in [2.05, 4.69) is 0 Å². The van der Waals surface area contributed by atoms with E-state index >= 15 is 0 Å². The molecule has 1 aromatic carbocycles. The number of non-ortho nitro benzene ring substituents is 1. The van der Waals surface area contributed by atoms with Crippen molar-refractivity contribution in [2.24, 2.45) is 0 Å². The van der Waals surface area contributed by atoms with Crippen LogP contribution in [0.2, 0.25) is 0 Å². The molecule has 0 amide bonds. The average Bonchev–Trinajstić information content (AvgIpc) is 2.55. The van der Waals surface area contributed by atoms with Gasteiger partial charge in [0.05, 0.1) is 0 Å². The number of aromatic nitrogens is 1. The third-order valence-electron chi connectivity index (χ3n) is 2.39. The van der Waals surface area contributed by atoms with Crippen LogP contribution >= 0.6 is 0 Å². The second kappa shape index (κ2) is 3.82. The van der Waals surface area contributed by atoms with Crippen LogP contribution in [0.4, 0.5) is 5.69 Å². The first kappa shape index (κ1) is 12.1. The molecule has 0 aliphatic rings. The van der Waals surface area contributed by atoms with Gasteiger partial charge in [0.1, 0.15) is 0 Å². The summed E-state index contributed by atoms with van der Waals surface area (Å²) in [6.07, 6.45) is 0. The van der Waals surface area contributed by atoms with Crippen LogP contribution in [0.5, 0.6) is 0 Å². The number of fused-ring (bicyclic) bond motifs is 1. The van der Waals surface area contributed by atoms with Gasteiger partial charge in [-0.1, -0.05) is 0 Å². The maximum absolute atomic E-state index is 12.1. The monoisotopic (exact) mass is 300 g/mol. The molecule has 0 aliphatic heterocycles. The molecule has 0 N–H and O–H groups in total. The number of benzene rings is 1. The summed E-state index contributed by atoms with van der Waals surface area (Å²) in [6.45, 7) is 5.90. The Labute approximate surface area is 104 Å². The van der Waals surface area contributed by atoms with Gasteiger partial charge in [0.15, 0.2) is 0 Å². The molecule has 0 radical (unpaired) electrons. The number of nitro groups is 1. The van der Waals surface area contributed by atoms with E-state index < -0.39 is 4.92 Å². The van der Waals surface area contributed by atoms with Crippen LogP contribution in [-0.4, -0.2) is 23.2 Å². The van der Waals surface area contributed by atoms with Crippen LogP contribution in [-0.2, 0) is 5.54 Å². The van der Waals surface area contributed by atoms with Crippen molar-refractivity contribution >= 4 is 30.1 Å². The molecule has 2 aromatic rings. The summed E-state index contributed by atoms with van der Waals surface area (Å²) >= 11 is -0.0835. The van der Waals surface area contributed by atoms with Gasteiger partial charge in [-0.15, -0.1) is 0 Å². The van der Waals surface area contributed by atoms with Gasteiger partial charge >= 0.3 is 104 Å². The summed E-state index contributed by atoms with van der Waals surface area (Å²) in [4.78, 5) is 22.3. The third kappa shape index (κ3) is 2.06. The second-order valence-corrected chi connectivity index (χ2v) is 6.87. The predicted octanol–water partition coefficient (Wildman–Crippen LogP) is 1.72. The predicted molar refractivity (Wildman–Crippen MR) is 66.8 cm³/mol. The van der Waals surface area contributed by atoms with Crippen LogP contribution in [0.15, 0.2) is 23.0 Å². The van der Waals surface area contributed by atoms with Gasteiger partial charge in [-0.3, -0.25) is 0 Å². The van der Waals surface area contributed by atoms with Crippen molar-refractivity contribution in [2.45, 2.75) is 26.3 Å². The SMILES string of the molecule is CC(C)(C)n1[se]c2ccc([N+](=O)[O-])cc2c1=O. The molecule has 6 heteroatoms. The number of nitro benzene ring substituents is 1. The van der Waals surface area contributed by atoms with Crippen LogP contribution in [0.1, 0.15) is 20.8 Å². The average molecular weight is 299 g/mol. The topological polar surface area (TPSA) is 65.1 Å². The molecular weight excluding hydrogens is 287 g/mol. The summed E-state index contributed by atoms with van der Waals surface area (Å²) in [5.41, 5.74) is -0.370. The fourth-order valence-corrected chi connectivity index (χ4v) is 3.72. The zero-order chi connectivity index (χ0) is 12.8. The van der Waals surface area contributed by atoms with E-state index in [0.29, 0.717) is 5.39 Å². The van der Waals surface area contributed by atoms with E-state index in [-0.39, 0.29) is 31.5 Å². The van der Waals surface area contributed by atoms with Crippen LogP contribution < -0.4 is 5.56 Å². The Morgan fingerprint density at radius 2 is 2.00 bits per heavy atom. The minimum atomic E-state index is -0.472. The molecule has 90 valence electrons. The minimum absolute atomic E-state index is 0.0244. The zero-order valence-corrected chi connectivity index (χ0v) is 11.5. The van der Waals surface area contributed by atoms with Crippen molar-refractivity contribution in [1.29, 1.82) is 0 Å². The molecule has 0 fully saturated rings. The van der Waals surface area contributed by atoms with Gasteiger partial charge in [0.25, 0.3) is 0 Å². The second-order valence-electron chi connectivity index (χ2n) is 4.80. The van der Waals surface area contributed by atoms with E-state index in [1.54, 1.807) is 9.63 Å². The van der Waals surface area contributed by atoms with Crippen molar-refractivity contribution in [3.05, 3.63) is 38.7 Å². The summed E-state index contributed by atoms with van der Waals surface area (Å²) in [5.74, 6) is 0. The van der Waals surface area contributed by atoms with E-state index in [4.69, 9.17) is 0 Å². The molecule has 0 unspecified atom stereocenters. The fourth-order valence-electron chi connectivity index (χ4n) is 1.57. The molecule has 0 saturated carbocycles. The molecule has 1 heterocycles. The first-order valence-electron chi connectivity index (χ1n) is 5.11. The zero-order valence-electron chi connectivity index (χ0n) is 9.76. The van der Waals surface area contributed by atoms with Gasteiger partial charge in [-0.25, -0.2) is 0 Å². The van der Waals surface area contributed by atoms with Crippen LogP contribution in [0, 0.1) is 10.1 Å². The van der Waals surface area contributed by atoms with Gasteiger partial charge in [-0.05, 0) is 0 Å². The molecular formula is C11H12N2O3Se. The van der Waals surface area contributed by atoms with E-state index in [9.17, 15) is 14.9 Å². The molecule has 0 atom stereocenters. The standard InChI is InChI=1S/C11H12N2O3Se/c1-11(2,3)12-10(14)8-6-7(13(15)16)4-5-9(8)17-12/h4-6H,1-3H3. The van der Waals surface area contributed by atoms with E-state index in [0.717, 1.165) is 4.26 Å².